The summed E-state index contributed by atoms with van der Waals surface area (Å²) in [6, 6.07) is 7.92. The van der Waals surface area contributed by atoms with E-state index in [2.05, 4.69) is 12.2 Å². The molecule has 1 aliphatic rings. The third-order valence-corrected chi connectivity index (χ3v) is 2.82. The van der Waals surface area contributed by atoms with Crippen molar-refractivity contribution in [3.8, 4) is 11.5 Å². The minimum absolute atomic E-state index is 0.291. The first-order valence-electron chi connectivity index (χ1n) is 6.42. The van der Waals surface area contributed by atoms with Gasteiger partial charge in [-0.05, 0) is 31.4 Å². The van der Waals surface area contributed by atoms with E-state index in [4.69, 9.17) is 9.47 Å². The molecular formula is C14H20NO2. The van der Waals surface area contributed by atoms with E-state index >= 15 is 0 Å². The molecule has 93 valence electrons. The predicted molar refractivity (Wildman–Crippen MR) is 67.7 cm³/mol. The molecule has 3 nitrogen and oxygen atoms in total. The lowest BCUT2D eigenvalue weighted by Crippen LogP contribution is -2.30. The Labute approximate surface area is 103 Å². The summed E-state index contributed by atoms with van der Waals surface area (Å²) < 4.78 is 11.7. The van der Waals surface area contributed by atoms with Gasteiger partial charge in [0.05, 0.1) is 6.61 Å². The predicted octanol–water partition coefficient (Wildman–Crippen LogP) is 2.62. The van der Waals surface area contributed by atoms with Gasteiger partial charge in [0.1, 0.15) is 6.10 Å². The van der Waals surface area contributed by atoms with E-state index in [1.807, 2.05) is 24.3 Å². The summed E-state index contributed by atoms with van der Waals surface area (Å²) >= 11 is 0. The highest BCUT2D eigenvalue weighted by Gasteiger charge is 2.16. The fourth-order valence-electron chi connectivity index (χ4n) is 1.90. The van der Waals surface area contributed by atoms with Crippen LogP contribution in [0.15, 0.2) is 24.3 Å². The molecule has 2 rings (SSSR count). The van der Waals surface area contributed by atoms with Crippen LogP contribution in [0.4, 0.5) is 0 Å². The van der Waals surface area contributed by atoms with Crippen molar-refractivity contribution in [2.45, 2.75) is 32.3 Å². The van der Waals surface area contributed by atoms with Crippen LogP contribution < -0.4 is 14.8 Å². The zero-order valence-corrected chi connectivity index (χ0v) is 10.4. The highest BCUT2D eigenvalue weighted by molar-refractivity contribution is 5.39. The molecule has 0 aliphatic carbocycles. The number of para-hydroxylation sites is 2. The van der Waals surface area contributed by atoms with E-state index in [1.54, 1.807) is 0 Å². The molecule has 1 saturated heterocycles. The Balaban J connectivity index is 1.98. The summed E-state index contributed by atoms with van der Waals surface area (Å²) in [7, 11) is 0. The Kier molecular flexibility index (Phi) is 4.68. The average Bonchev–Trinajstić information content (AvgIpc) is 2.39. The lowest BCUT2D eigenvalue weighted by Gasteiger charge is -2.24. The number of rotatable bonds is 5. The molecule has 1 aromatic carbocycles. The molecule has 1 aliphatic heterocycles. The van der Waals surface area contributed by atoms with Crippen LogP contribution in [0.3, 0.4) is 0 Å². The van der Waals surface area contributed by atoms with Gasteiger partial charge in [-0.25, -0.2) is 5.32 Å². The molecule has 1 fully saturated rings. The first kappa shape index (κ1) is 12.2. The standard InChI is InChI=1S/C14H20NO2/c1-2-11-16-13-5-3-4-6-14(13)17-12-7-9-15-10-8-12/h3-6,12H,2,7-11H2,1H3. The van der Waals surface area contributed by atoms with Gasteiger partial charge >= 0.3 is 0 Å². The molecule has 0 unspecified atom stereocenters. The van der Waals surface area contributed by atoms with Crippen molar-refractivity contribution >= 4 is 0 Å². The van der Waals surface area contributed by atoms with Crippen LogP contribution in [-0.2, 0) is 0 Å². The van der Waals surface area contributed by atoms with Crippen LogP contribution in [0.25, 0.3) is 0 Å². The molecule has 0 atom stereocenters. The molecule has 1 aromatic rings. The molecule has 0 spiro atoms. The van der Waals surface area contributed by atoms with Gasteiger partial charge in [0.25, 0.3) is 0 Å². The summed E-state index contributed by atoms with van der Waals surface area (Å²) in [5, 5.41) is 4.33. The lowest BCUT2D eigenvalue weighted by atomic mass is 10.1. The Hall–Kier alpha value is -1.22. The Morgan fingerprint density at radius 2 is 1.88 bits per heavy atom. The molecule has 3 heteroatoms. The number of ether oxygens (including phenoxy) is 2. The first-order chi connectivity index (χ1) is 8.40. The minimum Gasteiger partial charge on any atom is -0.490 e. The Bertz CT molecular complexity index is 335. The largest absolute Gasteiger partial charge is 0.490 e. The number of benzene rings is 1. The molecule has 0 N–H and O–H groups in total. The van der Waals surface area contributed by atoms with Crippen LogP contribution in [0.1, 0.15) is 26.2 Å². The SMILES string of the molecule is CCCOc1ccccc1OC1CC[N]CC1. The second kappa shape index (κ2) is 6.50. The van der Waals surface area contributed by atoms with Gasteiger partial charge in [-0.2, -0.15) is 0 Å². The van der Waals surface area contributed by atoms with Crippen LogP contribution in [0.5, 0.6) is 11.5 Å². The van der Waals surface area contributed by atoms with Gasteiger partial charge in [0, 0.05) is 13.1 Å². The van der Waals surface area contributed by atoms with Crippen molar-refractivity contribution in [3.63, 3.8) is 0 Å². The van der Waals surface area contributed by atoms with Crippen LogP contribution in [0, 0.1) is 0 Å². The van der Waals surface area contributed by atoms with Gasteiger partial charge in [0.2, 0.25) is 0 Å². The molecule has 0 aromatic heterocycles. The lowest BCUT2D eigenvalue weighted by molar-refractivity contribution is 0.153. The number of nitrogens with zero attached hydrogens (tertiary/aromatic N) is 1. The van der Waals surface area contributed by atoms with Gasteiger partial charge < -0.3 is 9.47 Å². The van der Waals surface area contributed by atoms with Crippen LogP contribution in [-0.4, -0.2) is 25.8 Å². The summed E-state index contributed by atoms with van der Waals surface area (Å²) in [6.07, 6.45) is 3.33. The zero-order valence-electron chi connectivity index (χ0n) is 10.4. The fraction of sp³-hybridized carbons (Fsp3) is 0.571. The maximum absolute atomic E-state index is 6.00. The maximum atomic E-state index is 6.00. The van der Waals surface area contributed by atoms with Crippen molar-refractivity contribution in [3.05, 3.63) is 24.3 Å². The van der Waals surface area contributed by atoms with Gasteiger partial charge in [0.15, 0.2) is 11.5 Å². The normalized spacial score (nSPS) is 16.8. The first-order valence-corrected chi connectivity index (χ1v) is 6.42. The summed E-state index contributed by atoms with van der Waals surface area (Å²) in [5.41, 5.74) is 0. The highest BCUT2D eigenvalue weighted by atomic mass is 16.5. The monoisotopic (exact) mass is 234 g/mol. The van der Waals surface area contributed by atoms with E-state index in [9.17, 15) is 0 Å². The van der Waals surface area contributed by atoms with E-state index in [0.717, 1.165) is 50.5 Å². The number of hydrogen-bond acceptors (Lipinski definition) is 2. The second-order valence-corrected chi connectivity index (χ2v) is 4.28. The van der Waals surface area contributed by atoms with Gasteiger partial charge in [-0.1, -0.05) is 19.1 Å². The second-order valence-electron chi connectivity index (χ2n) is 4.28. The minimum atomic E-state index is 0.291. The third kappa shape index (κ3) is 3.63. The van der Waals surface area contributed by atoms with Crippen molar-refractivity contribution in [2.75, 3.05) is 19.7 Å². The highest BCUT2D eigenvalue weighted by Crippen LogP contribution is 2.28. The zero-order chi connectivity index (χ0) is 11.9. The quantitative estimate of drug-likeness (QED) is 0.784. The van der Waals surface area contributed by atoms with Crippen molar-refractivity contribution in [1.82, 2.24) is 5.32 Å². The van der Waals surface area contributed by atoms with Crippen molar-refractivity contribution in [1.29, 1.82) is 0 Å². The van der Waals surface area contributed by atoms with Crippen molar-refractivity contribution in [2.24, 2.45) is 0 Å². The summed E-state index contributed by atoms with van der Waals surface area (Å²) in [4.78, 5) is 0. The van der Waals surface area contributed by atoms with Gasteiger partial charge in [-0.15, -0.1) is 0 Å². The van der Waals surface area contributed by atoms with E-state index < -0.39 is 0 Å². The summed E-state index contributed by atoms with van der Waals surface area (Å²) in [6.45, 7) is 4.68. The third-order valence-electron chi connectivity index (χ3n) is 2.82. The molecule has 1 heterocycles. The maximum Gasteiger partial charge on any atom is 0.161 e. The molecule has 1 radical (unpaired) electrons. The van der Waals surface area contributed by atoms with E-state index in [-0.39, 0.29) is 0 Å². The Morgan fingerprint density at radius 1 is 1.18 bits per heavy atom. The van der Waals surface area contributed by atoms with Crippen LogP contribution in [0.2, 0.25) is 0 Å². The fourth-order valence-corrected chi connectivity index (χ4v) is 1.90. The molecule has 0 bridgehead atoms. The molecule has 0 saturated carbocycles. The molecular weight excluding hydrogens is 214 g/mol. The van der Waals surface area contributed by atoms with E-state index in [0.29, 0.717) is 6.10 Å². The summed E-state index contributed by atoms with van der Waals surface area (Å²) in [5.74, 6) is 1.73. The average molecular weight is 234 g/mol. The molecule has 0 amide bonds. The molecule has 17 heavy (non-hydrogen) atoms. The van der Waals surface area contributed by atoms with Gasteiger partial charge in [-0.3, -0.25) is 0 Å². The topological polar surface area (TPSA) is 32.6 Å². The number of piperidine rings is 1. The smallest absolute Gasteiger partial charge is 0.161 e. The van der Waals surface area contributed by atoms with Crippen LogP contribution >= 0.6 is 0 Å². The van der Waals surface area contributed by atoms with Crippen molar-refractivity contribution < 1.29 is 9.47 Å². The van der Waals surface area contributed by atoms with E-state index in [1.165, 1.54) is 0 Å². The Morgan fingerprint density at radius 3 is 2.59 bits per heavy atom. The number of hydrogen-bond donors (Lipinski definition) is 0.